The minimum atomic E-state index is -0.718. The monoisotopic (exact) mass is 310 g/mol. The molecule has 0 saturated carbocycles. The number of hydrogen-bond donors (Lipinski definition) is 1. The molecular formula is C9H19EuNO. The van der Waals surface area contributed by atoms with Crippen LogP contribution in [0.3, 0.4) is 0 Å². The van der Waals surface area contributed by atoms with Crippen LogP contribution in [0.1, 0.15) is 41.0 Å². The summed E-state index contributed by atoms with van der Waals surface area (Å²) in [7, 11) is 0. The van der Waals surface area contributed by atoms with Crippen molar-refractivity contribution >= 4 is 5.71 Å². The van der Waals surface area contributed by atoms with Gasteiger partial charge in [0.25, 0.3) is 0 Å². The molecule has 0 aliphatic heterocycles. The van der Waals surface area contributed by atoms with Gasteiger partial charge < -0.3 is 5.11 Å². The van der Waals surface area contributed by atoms with Gasteiger partial charge in [-0.1, -0.05) is 6.92 Å². The van der Waals surface area contributed by atoms with Crippen molar-refractivity contribution in [2.75, 3.05) is 0 Å². The quantitative estimate of drug-likeness (QED) is 0.795. The third kappa shape index (κ3) is 5.79. The fourth-order valence-corrected chi connectivity index (χ4v) is 0.782. The average Bonchev–Trinajstić information content (AvgIpc) is 1.86. The van der Waals surface area contributed by atoms with Crippen LogP contribution in [0.25, 0.3) is 0 Å². The zero-order valence-electron chi connectivity index (χ0n) is 8.56. The van der Waals surface area contributed by atoms with E-state index >= 15 is 0 Å². The van der Waals surface area contributed by atoms with Crippen molar-refractivity contribution in [2.45, 2.75) is 52.7 Å². The Hall–Kier alpha value is 1.21. The van der Waals surface area contributed by atoms with Gasteiger partial charge in [-0.15, -0.1) is 0 Å². The third-order valence-electron chi connectivity index (χ3n) is 1.92. The van der Waals surface area contributed by atoms with E-state index < -0.39 is 5.60 Å². The first-order chi connectivity index (χ1) is 4.90. The predicted octanol–water partition coefficient (Wildman–Crippen LogP) is 2.02. The molecule has 1 unspecified atom stereocenters. The summed E-state index contributed by atoms with van der Waals surface area (Å²) in [6, 6.07) is 0.271. The van der Waals surface area contributed by atoms with E-state index in [2.05, 4.69) is 4.99 Å². The van der Waals surface area contributed by atoms with Gasteiger partial charge in [0, 0.05) is 61.1 Å². The van der Waals surface area contributed by atoms with E-state index in [0.29, 0.717) is 0 Å². The summed E-state index contributed by atoms with van der Waals surface area (Å²) in [6.45, 7) is 9.65. The minimum Gasteiger partial charge on any atom is -0.384 e. The van der Waals surface area contributed by atoms with Gasteiger partial charge in [0.15, 0.2) is 0 Å². The Labute approximate surface area is 116 Å². The molecule has 0 aromatic heterocycles. The Morgan fingerprint density at radius 1 is 1.50 bits per heavy atom. The molecular weight excluding hydrogens is 290 g/mol. The molecule has 0 rings (SSSR count). The molecule has 0 fully saturated rings. The van der Waals surface area contributed by atoms with E-state index in [9.17, 15) is 5.11 Å². The van der Waals surface area contributed by atoms with Gasteiger partial charge in [0.2, 0.25) is 0 Å². The normalized spacial score (nSPS) is 17.1. The molecule has 0 aromatic rings. The first-order valence-electron chi connectivity index (χ1n) is 4.17. The number of aliphatic imine (C=N–C) groups is 1. The van der Waals surface area contributed by atoms with Crippen LogP contribution < -0.4 is 0 Å². The van der Waals surface area contributed by atoms with Gasteiger partial charge in [-0.2, -0.15) is 0 Å². The van der Waals surface area contributed by atoms with E-state index in [4.69, 9.17) is 0 Å². The van der Waals surface area contributed by atoms with Gasteiger partial charge in [-0.05, 0) is 34.1 Å². The van der Waals surface area contributed by atoms with E-state index in [1.54, 1.807) is 6.92 Å². The molecule has 3 heteroatoms. The van der Waals surface area contributed by atoms with Crippen molar-refractivity contribution in [3.63, 3.8) is 0 Å². The molecule has 0 spiro atoms. The standard InChI is InChI=1S/C9H19NO.Eu/c1-6-9(5,11)8(4)10-7(2)3;/h7,11H,6H2,1-5H3;. The number of aliphatic hydroxyl groups is 1. The van der Waals surface area contributed by atoms with Crippen molar-refractivity contribution < 1.29 is 54.5 Å². The Morgan fingerprint density at radius 2 is 1.92 bits per heavy atom. The summed E-state index contributed by atoms with van der Waals surface area (Å²) in [6.07, 6.45) is 0.717. The fourth-order valence-electron chi connectivity index (χ4n) is 0.782. The van der Waals surface area contributed by atoms with Crippen LogP contribution in [-0.2, 0) is 0 Å². The second kappa shape index (κ2) is 6.64. The van der Waals surface area contributed by atoms with Crippen molar-refractivity contribution in [3.8, 4) is 0 Å². The molecule has 12 heavy (non-hydrogen) atoms. The van der Waals surface area contributed by atoms with Crippen LogP contribution in [-0.4, -0.2) is 22.5 Å². The predicted molar refractivity (Wildman–Crippen MR) is 49.2 cm³/mol. The van der Waals surface area contributed by atoms with Crippen LogP contribution in [0.2, 0.25) is 0 Å². The van der Waals surface area contributed by atoms with Crippen molar-refractivity contribution in [1.29, 1.82) is 0 Å². The maximum atomic E-state index is 9.71. The maximum Gasteiger partial charge on any atom is 0.0989 e. The largest absolute Gasteiger partial charge is 0.384 e. The zero-order chi connectivity index (χ0) is 9.07. The second-order valence-electron chi connectivity index (χ2n) is 3.44. The van der Waals surface area contributed by atoms with Gasteiger partial charge in [0.05, 0.1) is 5.60 Å². The van der Waals surface area contributed by atoms with Gasteiger partial charge >= 0.3 is 0 Å². The van der Waals surface area contributed by atoms with E-state index in [-0.39, 0.29) is 55.4 Å². The first kappa shape index (κ1) is 15.7. The maximum absolute atomic E-state index is 9.71. The first-order valence-corrected chi connectivity index (χ1v) is 4.17. The van der Waals surface area contributed by atoms with E-state index in [1.807, 2.05) is 27.7 Å². The molecule has 0 aliphatic rings. The summed E-state index contributed by atoms with van der Waals surface area (Å²) >= 11 is 0. The van der Waals surface area contributed by atoms with Crippen LogP contribution in [0.15, 0.2) is 4.99 Å². The minimum absolute atomic E-state index is 0. The number of nitrogens with zero attached hydrogens (tertiary/aromatic N) is 1. The smallest absolute Gasteiger partial charge is 0.0989 e. The summed E-state index contributed by atoms with van der Waals surface area (Å²) in [5, 5.41) is 9.71. The molecule has 0 saturated heterocycles. The van der Waals surface area contributed by atoms with Gasteiger partial charge in [-0.3, -0.25) is 4.99 Å². The SMILES string of the molecule is CCC(C)(O)C(C)=NC(C)C.[Eu]. The van der Waals surface area contributed by atoms with Crippen molar-refractivity contribution in [3.05, 3.63) is 0 Å². The molecule has 73 valence electrons. The van der Waals surface area contributed by atoms with E-state index in [1.165, 1.54) is 0 Å². The van der Waals surface area contributed by atoms with Crippen LogP contribution in [0.4, 0.5) is 0 Å². The summed E-state index contributed by atoms with van der Waals surface area (Å²) < 4.78 is 0. The zero-order valence-corrected chi connectivity index (χ0v) is 11.0. The van der Waals surface area contributed by atoms with Gasteiger partial charge in [-0.25, -0.2) is 0 Å². The van der Waals surface area contributed by atoms with Crippen molar-refractivity contribution in [1.82, 2.24) is 0 Å². The summed E-state index contributed by atoms with van der Waals surface area (Å²) in [5.74, 6) is 0. The molecule has 1 N–H and O–H groups in total. The Kier molecular flexibility index (Phi) is 8.67. The summed E-state index contributed by atoms with van der Waals surface area (Å²) in [4.78, 5) is 4.29. The average molecular weight is 309 g/mol. The molecule has 0 bridgehead atoms. The number of rotatable bonds is 3. The van der Waals surface area contributed by atoms with Crippen LogP contribution in [0, 0.1) is 49.4 Å². The summed E-state index contributed by atoms with van der Waals surface area (Å²) in [5.41, 5.74) is 0.111. The Morgan fingerprint density at radius 3 is 2.17 bits per heavy atom. The molecule has 2 nitrogen and oxygen atoms in total. The molecule has 0 aliphatic carbocycles. The Bertz CT molecular complexity index is 153. The molecule has 0 amide bonds. The van der Waals surface area contributed by atoms with Crippen molar-refractivity contribution in [2.24, 2.45) is 4.99 Å². The molecule has 0 heterocycles. The Balaban J connectivity index is 0. The number of hydrogen-bond acceptors (Lipinski definition) is 2. The van der Waals surface area contributed by atoms with E-state index in [0.717, 1.165) is 12.1 Å². The second-order valence-corrected chi connectivity index (χ2v) is 3.44. The molecule has 0 aromatic carbocycles. The van der Waals surface area contributed by atoms with Crippen LogP contribution in [0.5, 0.6) is 0 Å². The fraction of sp³-hybridized carbons (Fsp3) is 0.889. The topological polar surface area (TPSA) is 32.6 Å². The van der Waals surface area contributed by atoms with Gasteiger partial charge in [0.1, 0.15) is 0 Å². The molecule has 1 atom stereocenters. The van der Waals surface area contributed by atoms with Crippen LogP contribution >= 0.6 is 0 Å². The molecule has 1 radical (unpaired) electrons. The third-order valence-corrected chi connectivity index (χ3v) is 1.92.